The number of hydrogen-bond acceptors (Lipinski definition) is 4. The second-order valence-electron chi connectivity index (χ2n) is 5.48. The number of benzene rings is 1. The van der Waals surface area contributed by atoms with E-state index in [0.717, 1.165) is 37.5 Å². The van der Waals surface area contributed by atoms with E-state index >= 15 is 0 Å². The van der Waals surface area contributed by atoms with Crippen molar-refractivity contribution in [1.82, 2.24) is 9.80 Å². The maximum Gasteiger partial charge on any atom is 0.127 e. The van der Waals surface area contributed by atoms with Crippen LogP contribution in [-0.2, 0) is 0 Å². The highest BCUT2D eigenvalue weighted by atomic mass is 16.5. The monoisotopic (exact) mass is 287 g/mol. The molecule has 0 radical (unpaired) electrons. The van der Waals surface area contributed by atoms with Crippen molar-refractivity contribution in [3.05, 3.63) is 29.8 Å². The van der Waals surface area contributed by atoms with Crippen LogP contribution in [0.25, 0.3) is 0 Å². The van der Waals surface area contributed by atoms with Crippen LogP contribution in [0, 0.1) is 11.3 Å². The minimum atomic E-state index is -0.234. The third-order valence-electron chi connectivity index (χ3n) is 4.18. The first kappa shape index (κ1) is 15.8. The van der Waals surface area contributed by atoms with Gasteiger partial charge in [-0.3, -0.25) is 4.90 Å². The van der Waals surface area contributed by atoms with Gasteiger partial charge < -0.3 is 9.64 Å². The molecule has 0 spiro atoms. The number of nitriles is 1. The van der Waals surface area contributed by atoms with Gasteiger partial charge in [0, 0.05) is 31.2 Å². The maximum atomic E-state index is 9.70. The summed E-state index contributed by atoms with van der Waals surface area (Å²) < 4.78 is 5.70. The van der Waals surface area contributed by atoms with E-state index in [0.29, 0.717) is 12.6 Å². The van der Waals surface area contributed by atoms with E-state index in [9.17, 15) is 5.26 Å². The fourth-order valence-corrected chi connectivity index (χ4v) is 3.03. The zero-order valence-electron chi connectivity index (χ0n) is 13.2. The summed E-state index contributed by atoms with van der Waals surface area (Å²) >= 11 is 0. The summed E-state index contributed by atoms with van der Waals surface area (Å²) in [6, 6.07) is 10.5. The largest absolute Gasteiger partial charge is 0.493 e. The van der Waals surface area contributed by atoms with E-state index in [1.54, 1.807) is 0 Å². The van der Waals surface area contributed by atoms with Crippen LogP contribution in [0.3, 0.4) is 0 Å². The maximum absolute atomic E-state index is 9.70. The Hall–Kier alpha value is -1.57. The Morgan fingerprint density at radius 3 is 2.71 bits per heavy atom. The Bertz CT molecular complexity index is 497. The zero-order valence-corrected chi connectivity index (χ0v) is 13.2. The number of rotatable bonds is 5. The summed E-state index contributed by atoms with van der Waals surface area (Å²) in [5.41, 5.74) is 0.985. The van der Waals surface area contributed by atoms with Crippen LogP contribution in [0.2, 0.25) is 0 Å². The molecule has 0 aliphatic carbocycles. The lowest BCUT2D eigenvalue weighted by molar-refractivity contribution is 0.0674. The third-order valence-corrected chi connectivity index (χ3v) is 4.18. The van der Waals surface area contributed by atoms with Gasteiger partial charge in [-0.25, -0.2) is 0 Å². The first-order valence-corrected chi connectivity index (χ1v) is 7.80. The predicted molar refractivity (Wildman–Crippen MR) is 84.2 cm³/mol. The minimum Gasteiger partial charge on any atom is -0.493 e. The van der Waals surface area contributed by atoms with Gasteiger partial charge in [0.05, 0.1) is 12.7 Å². The van der Waals surface area contributed by atoms with Crippen LogP contribution in [-0.4, -0.2) is 48.6 Å². The van der Waals surface area contributed by atoms with Crippen LogP contribution >= 0.6 is 0 Å². The lowest BCUT2D eigenvalue weighted by atomic mass is 10.0. The highest BCUT2D eigenvalue weighted by molar-refractivity contribution is 5.39. The van der Waals surface area contributed by atoms with Crippen molar-refractivity contribution in [2.45, 2.75) is 32.9 Å². The van der Waals surface area contributed by atoms with Crippen LogP contribution in [0.4, 0.5) is 0 Å². The van der Waals surface area contributed by atoms with E-state index in [1.807, 2.05) is 31.2 Å². The second-order valence-corrected chi connectivity index (χ2v) is 5.48. The molecule has 1 fully saturated rings. The third kappa shape index (κ3) is 3.55. The molecule has 0 amide bonds. The lowest BCUT2D eigenvalue weighted by Crippen LogP contribution is -2.52. The molecule has 1 saturated heterocycles. The fraction of sp³-hybridized carbons (Fsp3) is 0.588. The van der Waals surface area contributed by atoms with Gasteiger partial charge in [0.1, 0.15) is 11.8 Å². The molecule has 0 bridgehead atoms. The van der Waals surface area contributed by atoms with Gasteiger partial charge in [0.25, 0.3) is 0 Å². The molecule has 2 rings (SSSR count). The van der Waals surface area contributed by atoms with Crippen molar-refractivity contribution in [3.63, 3.8) is 0 Å². The molecule has 1 aromatic rings. The molecule has 2 atom stereocenters. The lowest BCUT2D eigenvalue weighted by Gasteiger charge is -2.41. The number of piperazine rings is 1. The van der Waals surface area contributed by atoms with E-state index in [2.05, 4.69) is 29.7 Å². The zero-order chi connectivity index (χ0) is 15.2. The topological polar surface area (TPSA) is 39.5 Å². The van der Waals surface area contributed by atoms with E-state index < -0.39 is 0 Å². The van der Waals surface area contributed by atoms with E-state index in [1.165, 1.54) is 0 Å². The van der Waals surface area contributed by atoms with Crippen molar-refractivity contribution >= 4 is 0 Å². The van der Waals surface area contributed by atoms with Crippen LogP contribution < -0.4 is 4.74 Å². The smallest absolute Gasteiger partial charge is 0.127 e. The summed E-state index contributed by atoms with van der Waals surface area (Å²) in [5, 5.41) is 9.70. The summed E-state index contributed by atoms with van der Waals surface area (Å²) in [5.74, 6) is 0.830. The fourth-order valence-electron chi connectivity index (χ4n) is 3.03. The van der Waals surface area contributed by atoms with Gasteiger partial charge in [0.15, 0.2) is 0 Å². The molecule has 0 N–H and O–H groups in total. The molecule has 0 saturated carbocycles. The molecule has 1 aliphatic heterocycles. The average molecular weight is 287 g/mol. The van der Waals surface area contributed by atoms with Crippen molar-refractivity contribution in [2.75, 3.05) is 32.8 Å². The minimum absolute atomic E-state index is 0.234. The molecule has 4 heteroatoms. The quantitative estimate of drug-likeness (QED) is 0.834. The molecule has 0 aromatic heterocycles. The molecule has 1 aromatic carbocycles. The van der Waals surface area contributed by atoms with Crippen molar-refractivity contribution in [3.8, 4) is 11.8 Å². The molecule has 21 heavy (non-hydrogen) atoms. The van der Waals surface area contributed by atoms with E-state index in [4.69, 9.17) is 4.74 Å². The highest BCUT2D eigenvalue weighted by Crippen LogP contribution is 2.31. The standard InChI is InChI=1S/C17H25N3O/c1-4-19-10-11-20(14(3)13-19)16(12-18)15-8-6-7-9-17(15)21-5-2/h6-9,14,16H,4-5,10-11,13H2,1-3H3. The van der Waals surface area contributed by atoms with Gasteiger partial charge in [-0.15, -0.1) is 0 Å². The molecule has 1 aliphatic rings. The normalized spacial score (nSPS) is 21.7. The number of para-hydroxylation sites is 1. The summed E-state index contributed by atoms with van der Waals surface area (Å²) in [7, 11) is 0. The Morgan fingerprint density at radius 1 is 1.33 bits per heavy atom. The Labute approximate surface area is 127 Å². The van der Waals surface area contributed by atoms with Gasteiger partial charge in [-0.2, -0.15) is 5.26 Å². The van der Waals surface area contributed by atoms with Gasteiger partial charge in [-0.05, 0) is 26.5 Å². The Balaban J connectivity index is 2.22. The van der Waals surface area contributed by atoms with Crippen LogP contribution in [0.15, 0.2) is 24.3 Å². The molecule has 2 unspecified atom stereocenters. The molecule has 114 valence electrons. The summed E-state index contributed by atoms with van der Waals surface area (Å²) in [4.78, 5) is 4.73. The van der Waals surface area contributed by atoms with E-state index in [-0.39, 0.29) is 6.04 Å². The average Bonchev–Trinajstić information content (AvgIpc) is 2.51. The Kier molecular flexibility index (Phi) is 5.60. The van der Waals surface area contributed by atoms with Gasteiger partial charge in [-0.1, -0.05) is 25.1 Å². The first-order chi connectivity index (χ1) is 10.2. The van der Waals surface area contributed by atoms with Gasteiger partial charge in [0.2, 0.25) is 0 Å². The van der Waals surface area contributed by atoms with Crippen LogP contribution in [0.5, 0.6) is 5.75 Å². The first-order valence-electron chi connectivity index (χ1n) is 7.80. The van der Waals surface area contributed by atoms with Crippen molar-refractivity contribution < 1.29 is 4.74 Å². The molecular formula is C17H25N3O. The number of likely N-dealkylation sites (N-methyl/N-ethyl adjacent to an activating group) is 1. The molecule has 4 nitrogen and oxygen atoms in total. The summed E-state index contributed by atoms with van der Waals surface area (Å²) in [6.07, 6.45) is 0. The van der Waals surface area contributed by atoms with Crippen molar-refractivity contribution in [2.24, 2.45) is 0 Å². The SMILES string of the molecule is CCOc1ccccc1C(C#N)N1CCN(CC)CC1C. The highest BCUT2D eigenvalue weighted by Gasteiger charge is 2.31. The van der Waals surface area contributed by atoms with Crippen LogP contribution in [0.1, 0.15) is 32.4 Å². The molecule has 1 heterocycles. The molecular weight excluding hydrogens is 262 g/mol. The van der Waals surface area contributed by atoms with Crippen molar-refractivity contribution in [1.29, 1.82) is 5.26 Å². The Morgan fingerprint density at radius 2 is 2.10 bits per heavy atom. The summed E-state index contributed by atoms with van der Waals surface area (Å²) in [6.45, 7) is 11.0. The second kappa shape index (κ2) is 7.44. The predicted octanol–water partition coefficient (Wildman–Crippen LogP) is 2.68. The number of ether oxygens (including phenoxy) is 1. The number of nitrogens with zero attached hydrogens (tertiary/aromatic N) is 3. The van der Waals surface area contributed by atoms with Gasteiger partial charge >= 0.3 is 0 Å². The number of hydrogen-bond donors (Lipinski definition) is 0.